The van der Waals surface area contributed by atoms with Gasteiger partial charge in [0.05, 0.1) is 25.8 Å². The Morgan fingerprint density at radius 3 is 2.48 bits per heavy atom. The van der Waals surface area contributed by atoms with Gasteiger partial charge in [-0.2, -0.15) is 0 Å². The van der Waals surface area contributed by atoms with Crippen molar-refractivity contribution >= 4 is 16.5 Å². The minimum atomic E-state index is -0.454. The van der Waals surface area contributed by atoms with E-state index in [1.165, 1.54) is 18.6 Å². The van der Waals surface area contributed by atoms with Crippen molar-refractivity contribution in [2.75, 3.05) is 27.3 Å². The number of methoxy groups -OCH3 is 2. The summed E-state index contributed by atoms with van der Waals surface area (Å²) in [5, 5.41) is 13.9. The van der Waals surface area contributed by atoms with Gasteiger partial charge in [0, 0.05) is 30.1 Å². The highest BCUT2D eigenvalue weighted by Crippen LogP contribution is 2.36. The van der Waals surface area contributed by atoms with Crippen LogP contribution in [0, 0.1) is 5.82 Å². The van der Waals surface area contributed by atoms with Crippen molar-refractivity contribution in [3.63, 3.8) is 0 Å². The zero-order valence-electron chi connectivity index (χ0n) is 22.8. The van der Waals surface area contributed by atoms with Crippen molar-refractivity contribution in [2.24, 2.45) is 0 Å². The Morgan fingerprint density at radius 2 is 1.77 bits per heavy atom. The number of ether oxygens (including phenoxy) is 2. The predicted molar refractivity (Wildman–Crippen MR) is 150 cm³/mol. The molecule has 1 atom stereocenters. The molecule has 2 aliphatic rings. The van der Waals surface area contributed by atoms with Gasteiger partial charge in [0.1, 0.15) is 11.9 Å². The Hall–Kier alpha value is -4.05. The average molecular weight is 545 g/mol. The van der Waals surface area contributed by atoms with E-state index in [0.29, 0.717) is 41.5 Å². The second-order valence-corrected chi connectivity index (χ2v) is 10.5. The number of hydrogen-bond acceptors (Lipinski definition) is 7. The molecule has 0 radical (unpaired) electrons. The molecule has 0 saturated heterocycles. The molecule has 40 heavy (non-hydrogen) atoms. The summed E-state index contributed by atoms with van der Waals surface area (Å²) in [5.41, 5.74) is 3.20. The zero-order chi connectivity index (χ0) is 27.6. The number of nitrogens with zero attached hydrogens (tertiary/aromatic N) is 5. The molecule has 1 aliphatic carbocycles. The van der Waals surface area contributed by atoms with Gasteiger partial charge in [-0.1, -0.05) is 37.5 Å². The molecule has 1 saturated carbocycles. The van der Waals surface area contributed by atoms with E-state index >= 15 is 0 Å². The molecule has 10 heteroatoms. The summed E-state index contributed by atoms with van der Waals surface area (Å²) in [6.07, 6.45) is 8.44. The number of pyridine rings is 1. The van der Waals surface area contributed by atoms with Gasteiger partial charge in [0.15, 0.2) is 17.3 Å². The number of H-pyrrole nitrogens is 1. The van der Waals surface area contributed by atoms with Crippen LogP contribution in [0.5, 0.6) is 11.5 Å². The molecule has 2 aromatic heterocycles. The van der Waals surface area contributed by atoms with Crippen LogP contribution >= 0.6 is 0 Å². The minimum Gasteiger partial charge on any atom is -0.493 e. The lowest BCUT2D eigenvalue weighted by atomic mass is 9.94. The summed E-state index contributed by atoms with van der Waals surface area (Å²) < 4.78 is 26.4. The number of halogens is 1. The maximum atomic E-state index is 13.7. The number of benzene rings is 2. The van der Waals surface area contributed by atoms with Gasteiger partial charge in [-0.15, -0.1) is 5.10 Å². The molecule has 6 rings (SSSR count). The van der Waals surface area contributed by atoms with Crippen molar-refractivity contribution in [2.45, 2.75) is 50.6 Å². The van der Waals surface area contributed by atoms with Crippen molar-refractivity contribution in [1.82, 2.24) is 30.1 Å². The van der Waals surface area contributed by atoms with Crippen LogP contribution in [0.3, 0.4) is 0 Å². The fourth-order valence-corrected chi connectivity index (χ4v) is 6.06. The third kappa shape index (κ3) is 4.99. The topological polar surface area (TPSA) is 98.2 Å². The predicted octanol–water partition coefficient (Wildman–Crippen LogP) is 5.05. The molecule has 0 spiro atoms. The Labute approximate surface area is 231 Å². The fraction of sp³-hybridized carbons (Fsp3) is 0.400. The Kier molecular flexibility index (Phi) is 7.34. The van der Waals surface area contributed by atoms with Gasteiger partial charge in [-0.25, -0.2) is 9.07 Å². The average Bonchev–Trinajstić information content (AvgIpc) is 3.47. The SMILES string of the molecule is COc1cc2cc([C@H](c3nnnn3C3CCCCC3)N3CC=C(c4ccc(F)cc4)CC3)c(=O)[nH]c2cc1OC. The van der Waals surface area contributed by atoms with E-state index in [1.54, 1.807) is 20.3 Å². The third-order valence-electron chi connectivity index (χ3n) is 8.18. The molecule has 4 aromatic rings. The van der Waals surface area contributed by atoms with Crippen LogP contribution in [0.15, 0.2) is 53.3 Å². The van der Waals surface area contributed by atoms with E-state index in [2.05, 4.69) is 31.5 Å². The molecule has 2 aromatic carbocycles. The van der Waals surface area contributed by atoms with E-state index in [-0.39, 0.29) is 17.4 Å². The smallest absolute Gasteiger partial charge is 0.253 e. The molecule has 3 heterocycles. The fourth-order valence-electron chi connectivity index (χ4n) is 6.06. The number of fused-ring (bicyclic) bond motifs is 1. The van der Waals surface area contributed by atoms with Crippen LogP contribution in [0.1, 0.15) is 67.6 Å². The number of aromatic amines is 1. The van der Waals surface area contributed by atoms with Gasteiger partial charge in [-0.3, -0.25) is 9.69 Å². The quantitative estimate of drug-likeness (QED) is 0.348. The molecule has 0 unspecified atom stereocenters. The first kappa shape index (κ1) is 26.2. The van der Waals surface area contributed by atoms with Crippen molar-refractivity contribution in [3.8, 4) is 11.5 Å². The molecule has 0 amide bonds. The second-order valence-electron chi connectivity index (χ2n) is 10.5. The lowest BCUT2D eigenvalue weighted by Gasteiger charge is -2.34. The first-order chi connectivity index (χ1) is 19.6. The van der Waals surface area contributed by atoms with Gasteiger partial charge in [0.2, 0.25) is 0 Å². The summed E-state index contributed by atoms with van der Waals surface area (Å²) >= 11 is 0. The van der Waals surface area contributed by atoms with Crippen LogP contribution < -0.4 is 15.0 Å². The van der Waals surface area contributed by atoms with E-state index < -0.39 is 6.04 Å². The number of rotatable bonds is 7. The van der Waals surface area contributed by atoms with Gasteiger partial charge >= 0.3 is 0 Å². The molecule has 1 fully saturated rings. The Bertz CT molecular complexity index is 1590. The Balaban J connectivity index is 1.44. The number of nitrogens with one attached hydrogen (secondary N) is 1. The maximum Gasteiger partial charge on any atom is 0.253 e. The monoisotopic (exact) mass is 544 g/mol. The van der Waals surface area contributed by atoms with E-state index in [1.807, 2.05) is 28.9 Å². The molecule has 0 bridgehead atoms. The molecular weight excluding hydrogens is 511 g/mol. The standard InChI is InChI=1S/C30H33FN6O3/c1-39-26-17-21-16-24(30(38)32-25(21)18-27(26)40-2)28(29-33-34-35-37(29)23-6-4-3-5-7-23)36-14-12-20(13-15-36)19-8-10-22(31)11-9-19/h8-12,16-18,23,28H,3-7,13-15H2,1-2H3,(H,32,38)/t28-/m1/s1. The maximum absolute atomic E-state index is 13.7. The summed E-state index contributed by atoms with van der Waals surface area (Å²) in [6, 6.07) is 11.9. The third-order valence-corrected chi connectivity index (χ3v) is 8.18. The minimum absolute atomic E-state index is 0.198. The highest BCUT2D eigenvalue weighted by molar-refractivity contribution is 5.83. The summed E-state index contributed by atoms with van der Waals surface area (Å²) in [5.74, 6) is 1.56. The van der Waals surface area contributed by atoms with Crippen molar-refractivity contribution < 1.29 is 13.9 Å². The number of aromatic nitrogens is 5. The normalized spacial score (nSPS) is 17.5. The highest BCUT2D eigenvalue weighted by atomic mass is 19.1. The Morgan fingerprint density at radius 1 is 1.02 bits per heavy atom. The van der Waals surface area contributed by atoms with Crippen LogP contribution in [0.4, 0.5) is 4.39 Å². The molecule has 1 N–H and O–H groups in total. The zero-order valence-corrected chi connectivity index (χ0v) is 22.8. The van der Waals surface area contributed by atoms with Gasteiger partial charge in [0.25, 0.3) is 5.56 Å². The van der Waals surface area contributed by atoms with Crippen molar-refractivity contribution in [1.29, 1.82) is 0 Å². The van der Waals surface area contributed by atoms with E-state index in [0.717, 1.165) is 48.6 Å². The molecular formula is C30H33FN6O3. The molecule has 9 nitrogen and oxygen atoms in total. The van der Waals surface area contributed by atoms with Gasteiger partial charge < -0.3 is 14.5 Å². The first-order valence-electron chi connectivity index (χ1n) is 13.8. The lowest BCUT2D eigenvalue weighted by Crippen LogP contribution is -2.38. The van der Waals surface area contributed by atoms with Crippen molar-refractivity contribution in [3.05, 3.63) is 81.7 Å². The first-order valence-corrected chi connectivity index (χ1v) is 13.8. The number of hydrogen-bond donors (Lipinski definition) is 1. The van der Waals surface area contributed by atoms with Gasteiger partial charge in [-0.05, 0) is 65.1 Å². The molecule has 1 aliphatic heterocycles. The molecule has 208 valence electrons. The summed E-state index contributed by atoms with van der Waals surface area (Å²) in [4.78, 5) is 19.0. The largest absolute Gasteiger partial charge is 0.493 e. The summed E-state index contributed by atoms with van der Waals surface area (Å²) in [6.45, 7) is 1.28. The van der Waals surface area contributed by atoms with Crippen LogP contribution in [-0.4, -0.2) is 57.4 Å². The lowest BCUT2D eigenvalue weighted by molar-refractivity contribution is 0.221. The van der Waals surface area contributed by atoms with E-state index in [9.17, 15) is 9.18 Å². The van der Waals surface area contributed by atoms with Crippen LogP contribution in [-0.2, 0) is 0 Å². The summed E-state index contributed by atoms with van der Waals surface area (Å²) in [7, 11) is 3.16. The van der Waals surface area contributed by atoms with Crippen LogP contribution in [0.25, 0.3) is 16.5 Å². The highest BCUT2D eigenvalue weighted by Gasteiger charge is 2.33. The second kappa shape index (κ2) is 11.2. The van der Waals surface area contributed by atoms with E-state index in [4.69, 9.17) is 9.47 Å². The van der Waals surface area contributed by atoms with Crippen LogP contribution in [0.2, 0.25) is 0 Å². The number of tetrazole rings is 1.